The Kier molecular flexibility index (Phi) is 7.09. The lowest BCUT2D eigenvalue weighted by Gasteiger charge is -2.20. The van der Waals surface area contributed by atoms with E-state index in [1.165, 1.54) is 0 Å². The van der Waals surface area contributed by atoms with Crippen LogP contribution in [0.3, 0.4) is 0 Å². The maximum Gasteiger partial charge on any atom is 0.260 e. The smallest absolute Gasteiger partial charge is 0.260 e. The molecule has 1 fully saturated rings. The van der Waals surface area contributed by atoms with Crippen molar-refractivity contribution < 1.29 is 14.3 Å². The van der Waals surface area contributed by atoms with Gasteiger partial charge in [-0.1, -0.05) is 24.1 Å². The van der Waals surface area contributed by atoms with Gasteiger partial charge in [0.2, 0.25) is 5.91 Å². The van der Waals surface area contributed by atoms with Gasteiger partial charge >= 0.3 is 0 Å². The molecule has 0 radical (unpaired) electrons. The maximum atomic E-state index is 12.1. The fraction of sp³-hybridized carbons (Fsp3) is 0.579. The van der Waals surface area contributed by atoms with E-state index < -0.39 is 6.10 Å². The van der Waals surface area contributed by atoms with E-state index in [1.807, 2.05) is 36.1 Å². The van der Waals surface area contributed by atoms with Gasteiger partial charge in [0.1, 0.15) is 5.75 Å². The maximum absolute atomic E-state index is 12.1. The van der Waals surface area contributed by atoms with Gasteiger partial charge in [0.25, 0.3) is 5.91 Å². The van der Waals surface area contributed by atoms with E-state index in [1.54, 1.807) is 6.92 Å². The minimum atomic E-state index is -0.535. The number of hydrogen-bond donors (Lipinski definition) is 1. The lowest BCUT2D eigenvalue weighted by Crippen LogP contribution is -2.38. The van der Waals surface area contributed by atoms with Crippen molar-refractivity contribution in [3.63, 3.8) is 0 Å². The highest BCUT2D eigenvalue weighted by Crippen LogP contribution is 2.13. The van der Waals surface area contributed by atoms with Crippen LogP contribution >= 0.6 is 0 Å². The first kappa shape index (κ1) is 18.3. The third-order valence-electron chi connectivity index (χ3n) is 4.28. The third kappa shape index (κ3) is 5.87. The summed E-state index contributed by atoms with van der Waals surface area (Å²) in [6.45, 7) is 5.87. The van der Waals surface area contributed by atoms with Gasteiger partial charge in [-0.15, -0.1) is 0 Å². The van der Waals surface area contributed by atoms with Crippen molar-refractivity contribution in [2.24, 2.45) is 0 Å². The fourth-order valence-corrected chi connectivity index (χ4v) is 2.77. The lowest BCUT2D eigenvalue weighted by molar-refractivity contribution is -0.130. The van der Waals surface area contributed by atoms with Crippen LogP contribution in [0.25, 0.3) is 0 Å². The molecule has 1 N–H and O–H groups in total. The molecule has 1 aromatic carbocycles. The summed E-state index contributed by atoms with van der Waals surface area (Å²) in [5, 5.41) is 2.88. The molecule has 0 bridgehead atoms. The van der Waals surface area contributed by atoms with E-state index in [0.29, 0.717) is 25.3 Å². The second kappa shape index (κ2) is 9.30. The summed E-state index contributed by atoms with van der Waals surface area (Å²) in [5.41, 5.74) is 1.16. The van der Waals surface area contributed by atoms with Gasteiger partial charge in [0, 0.05) is 26.1 Å². The molecule has 5 nitrogen and oxygen atoms in total. The minimum absolute atomic E-state index is 0.127. The number of ether oxygens (including phenoxy) is 1. The number of nitrogens with zero attached hydrogens (tertiary/aromatic N) is 1. The van der Waals surface area contributed by atoms with E-state index in [-0.39, 0.29) is 11.8 Å². The molecule has 0 aromatic heterocycles. The van der Waals surface area contributed by atoms with Gasteiger partial charge in [0.15, 0.2) is 6.10 Å². The quantitative estimate of drug-likeness (QED) is 0.781. The van der Waals surface area contributed by atoms with Crippen LogP contribution < -0.4 is 10.1 Å². The van der Waals surface area contributed by atoms with Gasteiger partial charge in [-0.05, 0) is 45.2 Å². The van der Waals surface area contributed by atoms with E-state index in [9.17, 15) is 9.59 Å². The fourth-order valence-electron chi connectivity index (χ4n) is 2.77. The molecule has 2 amide bonds. The molecule has 5 heteroatoms. The van der Waals surface area contributed by atoms with E-state index >= 15 is 0 Å². The molecule has 1 aliphatic heterocycles. The van der Waals surface area contributed by atoms with Crippen LogP contribution in [0.2, 0.25) is 0 Å². The number of rotatable bonds is 7. The molecule has 0 saturated carbocycles. The van der Waals surface area contributed by atoms with E-state index in [2.05, 4.69) is 5.32 Å². The minimum Gasteiger partial charge on any atom is -0.481 e. The second-order valence-corrected chi connectivity index (χ2v) is 6.41. The van der Waals surface area contributed by atoms with Crippen molar-refractivity contribution in [2.45, 2.75) is 52.1 Å². The van der Waals surface area contributed by atoms with Crippen molar-refractivity contribution in [2.75, 3.05) is 19.6 Å². The number of benzene rings is 1. The number of hydrogen-bond acceptors (Lipinski definition) is 3. The van der Waals surface area contributed by atoms with Gasteiger partial charge in [-0.3, -0.25) is 9.59 Å². The standard InChI is InChI=1S/C19H28N2O3/c1-15-8-10-17(11-9-15)24-16(2)19(23)20-12-6-14-21-13-5-3-4-7-18(21)22/h8-11,16H,3-7,12-14H2,1-2H3,(H,20,23). The summed E-state index contributed by atoms with van der Waals surface area (Å²) in [6, 6.07) is 7.64. The molecule has 132 valence electrons. The predicted molar refractivity (Wildman–Crippen MR) is 93.9 cm³/mol. The number of carbonyl (C=O) groups is 2. The first-order valence-corrected chi connectivity index (χ1v) is 8.85. The molecular formula is C19H28N2O3. The Bertz CT molecular complexity index is 542. The summed E-state index contributed by atoms with van der Waals surface area (Å²) in [7, 11) is 0. The highest BCUT2D eigenvalue weighted by Gasteiger charge is 2.17. The Morgan fingerprint density at radius 1 is 1.25 bits per heavy atom. The lowest BCUT2D eigenvalue weighted by atomic mass is 10.2. The van der Waals surface area contributed by atoms with Crippen LogP contribution in [0.4, 0.5) is 0 Å². The average Bonchev–Trinajstić information content (AvgIpc) is 2.78. The molecule has 1 heterocycles. The summed E-state index contributed by atoms with van der Waals surface area (Å²) in [4.78, 5) is 25.9. The van der Waals surface area contributed by atoms with Crippen LogP contribution in [0.15, 0.2) is 24.3 Å². The van der Waals surface area contributed by atoms with Crippen LogP contribution in [-0.2, 0) is 9.59 Å². The summed E-state index contributed by atoms with van der Waals surface area (Å²) in [5.74, 6) is 0.811. The molecule has 0 spiro atoms. The summed E-state index contributed by atoms with van der Waals surface area (Å²) < 4.78 is 5.64. The second-order valence-electron chi connectivity index (χ2n) is 6.41. The van der Waals surface area contributed by atoms with Crippen LogP contribution in [0, 0.1) is 6.92 Å². The van der Waals surface area contributed by atoms with Gasteiger partial charge in [-0.2, -0.15) is 0 Å². The van der Waals surface area contributed by atoms with Crippen molar-refractivity contribution in [3.8, 4) is 5.75 Å². The van der Waals surface area contributed by atoms with E-state index in [4.69, 9.17) is 4.74 Å². The highest BCUT2D eigenvalue weighted by atomic mass is 16.5. The van der Waals surface area contributed by atoms with Crippen molar-refractivity contribution in [1.82, 2.24) is 10.2 Å². The molecule has 24 heavy (non-hydrogen) atoms. The molecule has 2 rings (SSSR count). The van der Waals surface area contributed by atoms with Crippen LogP contribution in [-0.4, -0.2) is 42.5 Å². The van der Waals surface area contributed by atoms with Crippen molar-refractivity contribution in [3.05, 3.63) is 29.8 Å². The zero-order valence-corrected chi connectivity index (χ0v) is 14.7. The Morgan fingerprint density at radius 3 is 2.75 bits per heavy atom. The number of likely N-dealkylation sites (tertiary alicyclic amines) is 1. The average molecular weight is 332 g/mol. The van der Waals surface area contributed by atoms with Gasteiger partial charge in [0.05, 0.1) is 0 Å². The zero-order chi connectivity index (χ0) is 17.4. The monoisotopic (exact) mass is 332 g/mol. The number of amides is 2. The Hall–Kier alpha value is -2.04. The molecular weight excluding hydrogens is 304 g/mol. The largest absolute Gasteiger partial charge is 0.481 e. The third-order valence-corrected chi connectivity index (χ3v) is 4.28. The first-order valence-electron chi connectivity index (χ1n) is 8.85. The highest BCUT2D eigenvalue weighted by molar-refractivity contribution is 5.80. The van der Waals surface area contributed by atoms with Crippen molar-refractivity contribution in [1.29, 1.82) is 0 Å². The van der Waals surface area contributed by atoms with E-state index in [0.717, 1.165) is 37.8 Å². The Labute approximate surface area is 144 Å². The van der Waals surface area contributed by atoms with Gasteiger partial charge in [-0.25, -0.2) is 0 Å². The van der Waals surface area contributed by atoms with Crippen LogP contribution in [0.1, 0.15) is 44.6 Å². The van der Waals surface area contributed by atoms with Crippen LogP contribution in [0.5, 0.6) is 5.75 Å². The molecule has 1 aliphatic rings. The number of aryl methyl sites for hydroxylation is 1. The number of nitrogens with one attached hydrogen (secondary N) is 1. The topological polar surface area (TPSA) is 58.6 Å². The molecule has 0 aliphatic carbocycles. The summed E-state index contributed by atoms with van der Waals surface area (Å²) in [6.07, 6.45) is 4.11. The summed E-state index contributed by atoms with van der Waals surface area (Å²) >= 11 is 0. The SMILES string of the molecule is Cc1ccc(OC(C)C(=O)NCCCN2CCCCCC2=O)cc1. The Morgan fingerprint density at radius 2 is 2.00 bits per heavy atom. The first-order chi connectivity index (χ1) is 11.6. The normalized spacial score (nSPS) is 16.4. The number of carbonyl (C=O) groups excluding carboxylic acids is 2. The van der Waals surface area contributed by atoms with Gasteiger partial charge < -0.3 is 15.0 Å². The van der Waals surface area contributed by atoms with Crippen molar-refractivity contribution >= 4 is 11.8 Å². The molecule has 1 atom stereocenters. The molecule has 1 saturated heterocycles. The predicted octanol–water partition coefficient (Wildman–Crippen LogP) is 2.67. The Balaban J connectivity index is 1.66. The molecule has 1 aromatic rings. The zero-order valence-electron chi connectivity index (χ0n) is 14.7. The molecule has 1 unspecified atom stereocenters.